The summed E-state index contributed by atoms with van der Waals surface area (Å²) < 4.78 is 27.1. The zero-order chi connectivity index (χ0) is 41.4. The standard InChI is InChI=1S/C40H47N3O14/c1-3-16-54-17-18-55-19-20-56-40(39(51)52)37(49)34(43-38(50)28-10-7-11-29(22-28)53-2)33(42-32(47)24-44)36(57-40)35(48)30(45)23-41-31(46)21-25-12-14-27(15-13-25)26-8-5-4-6-9-26/h1,4-15,22,30,33-37,44-45,48-49H,16-21,23-24H2,2H3,(H,41,46)(H,42,47)(H,43,50)(H,51,52)/t30-,33-,34-,35-,36-,37+,40-/m1/s1. The van der Waals surface area contributed by atoms with Gasteiger partial charge in [-0.3, -0.25) is 14.4 Å². The number of carbonyl (C=O) groups is 4. The number of carboxylic acid groups (broad SMARTS) is 1. The number of ether oxygens (including phenoxy) is 5. The highest BCUT2D eigenvalue weighted by Gasteiger charge is 2.62. The number of aliphatic carboxylic acids is 1. The second-order valence-electron chi connectivity index (χ2n) is 12.8. The van der Waals surface area contributed by atoms with Crippen LogP contribution in [0.15, 0.2) is 78.9 Å². The average molecular weight is 794 g/mol. The van der Waals surface area contributed by atoms with Crippen LogP contribution in [0.3, 0.4) is 0 Å². The molecule has 1 aliphatic heterocycles. The first-order valence-electron chi connectivity index (χ1n) is 17.9. The molecule has 0 spiro atoms. The van der Waals surface area contributed by atoms with Crippen molar-refractivity contribution in [1.29, 1.82) is 0 Å². The molecule has 8 N–H and O–H groups in total. The van der Waals surface area contributed by atoms with E-state index in [-0.39, 0.29) is 44.2 Å². The Labute approximate surface area is 328 Å². The van der Waals surface area contributed by atoms with Gasteiger partial charge in [0.2, 0.25) is 11.8 Å². The molecule has 0 unspecified atom stereocenters. The number of amides is 3. The lowest BCUT2D eigenvalue weighted by atomic mass is 9.84. The maximum atomic E-state index is 13.6. The number of terminal acetylenes is 1. The van der Waals surface area contributed by atoms with Crippen LogP contribution in [0.2, 0.25) is 0 Å². The zero-order valence-electron chi connectivity index (χ0n) is 31.1. The molecule has 1 fully saturated rings. The lowest BCUT2D eigenvalue weighted by Crippen LogP contribution is -2.77. The first-order chi connectivity index (χ1) is 27.4. The lowest BCUT2D eigenvalue weighted by Gasteiger charge is -2.50. The van der Waals surface area contributed by atoms with E-state index in [1.165, 1.54) is 25.3 Å². The summed E-state index contributed by atoms with van der Waals surface area (Å²) in [5.41, 5.74) is 2.58. The van der Waals surface area contributed by atoms with E-state index in [2.05, 4.69) is 21.9 Å². The Morgan fingerprint density at radius 3 is 2.23 bits per heavy atom. The molecule has 3 aromatic rings. The largest absolute Gasteiger partial charge is 0.497 e. The number of aliphatic hydroxyl groups is 4. The van der Waals surface area contributed by atoms with Gasteiger partial charge < -0.3 is 65.2 Å². The Bertz CT molecular complexity index is 1820. The Balaban J connectivity index is 1.57. The van der Waals surface area contributed by atoms with E-state index in [1.807, 2.05) is 42.5 Å². The average Bonchev–Trinajstić information content (AvgIpc) is 3.22. The molecule has 0 saturated carbocycles. The van der Waals surface area contributed by atoms with Crippen LogP contribution in [0.5, 0.6) is 5.75 Å². The van der Waals surface area contributed by atoms with Crippen molar-refractivity contribution in [2.45, 2.75) is 48.7 Å². The fourth-order valence-corrected chi connectivity index (χ4v) is 6.05. The van der Waals surface area contributed by atoms with Gasteiger partial charge in [0.05, 0.1) is 58.1 Å². The van der Waals surface area contributed by atoms with Crippen LogP contribution in [-0.4, -0.2) is 145 Å². The molecule has 306 valence electrons. The van der Waals surface area contributed by atoms with Crippen molar-refractivity contribution in [1.82, 2.24) is 16.0 Å². The number of nitrogens with one attached hydrogen (secondary N) is 3. The molecule has 0 aromatic heterocycles. The van der Waals surface area contributed by atoms with Crippen molar-refractivity contribution < 1.29 is 68.4 Å². The predicted octanol–water partition coefficient (Wildman–Crippen LogP) is -0.758. The first-order valence-corrected chi connectivity index (χ1v) is 17.9. The summed E-state index contributed by atoms with van der Waals surface area (Å²) in [4.78, 5) is 52.1. The second-order valence-corrected chi connectivity index (χ2v) is 12.8. The molecule has 4 rings (SSSR count). The van der Waals surface area contributed by atoms with Crippen LogP contribution >= 0.6 is 0 Å². The van der Waals surface area contributed by atoms with Crippen molar-refractivity contribution in [3.8, 4) is 29.2 Å². The number of hydrogen-bond donors (Lipinski definition) is 8. The van der Waals surface area contributed by atoms with Crippen LogP contribution in [0.25, 0.3) is 11.1 Å². The van der Waals surface area contributed by atoms with Gasteiger partial charge in [0.25, 0.3) is 11.7 Å². The molecule has 1 aliphatic rings. The summed E-state index contributed by atoms with van der Waals surface area (Å²) in [5.74, 6) is -4.85. The van der Waals surface area contributed by atoms with Crippen molar-refractivity contribution in [2.24, 2.45) is 0 Å². The highest BCUT2D eigenvalue weighted by molar-refractivity contribution is 5.95. The van der Waals surface area contributed by atoms with Gasteiger partial charge >= 0.3 is 5.97 Å². The number of aliphatic hydroxyl groups excluding tert-OH is 4. The quantitative estimate of drug-likeness (QED) is 0.0488. The Morgan fingerprint density at radius 1 is 0.877 bits per heavy atom. The molecule has 1 heterocycles. The minimum absolute atomic E-state index is 0.00266. The summed E-state index contributed by atoms with van der Waals surface area (Å²) >= 11 is 0. The van der Waals surface area contributed by atoms with Crippen molar-refractivity contribution >= 4 is 23.7 Å². The third-order valence-corrected chi connectivity index (χ3v) is 8.95. The molecule has 3 amide bonds. The van der Waals surface area contributed by atoms with Crippen molar-refractivity contribution in [2.75, 3.05) is 53.3 Å². The summed E-state index contributed by atoms with van der Waals surface area (Å²) in [7, 11) is 1.37. The van der Waals surface area contributed by atoms with E-state index < -0.39 is 85.7 Å². The molecule has 17 nitrogen and oxygen atoms in total. The van der Waals surface area contributed by atoms with Gasteiger partial charge in [-0.25, -0.2) is 4.79 Å². The van der Waals surface area contributed by atoms with Crippen LogP contribution in [-0.2, 0) is 39.8 Å². The Kier molecular flexibility index (Phi) is 16.9. The van der Waals surface area contributed by atoms with Crippen molar-refractivity contribution in [3.05, 3.63) is 90.0 Å². The topological polar surface area (TPSA) is 252 Å². The highest BCUT2D eigenvalue weighted by Crippen LogP contribution is 2.34. The van der Waals surface area contributed by atoms with Crippen molar-refractivity contribution in [3.63, 3.8) is 0 Å². The fraction of sp³-hybridized carbons (Fsp3) is 0.400. The Hall–Kier alpha value is -5.42. The molecule has 0 bridgehead atoms. The maximum Gasteiger partial charge on any atom is 0.367 e. The fourth-order valence-electron chi connectivity index (χ4n) is 6.05. The zero-order valence-corrected chi connectivity index (χ0v) is 31.1. The van der Waals surface area contributed by atoms with Gasteiger partial charge in [0.1, 0.15) is 37.3 Å². The molecule has 3 aromatic carbocycles. The first kappa shape index (κ1) is 44.3. The molecule has 1 saturated heterocycles. The number of benzene rings is 3. The molecular formula is C40H47N3O14. The second kappa shape index (κ2) is 21.8. The van der Waals surface area contributed by atoms with Crippen LogP contribution in [0.1, 0.15) is 15.9 Å². The lowest BCUT2D eigenvalue weighted by molar-refractivity contribution is -0.334. The molecule has 7 atom stereocenters. The monoisotopic (exact) mass is 793 g/mol. The Morgan fingerprint density at radius 2 is 1.56 bits per heavy atom. The summed E-state index contributed by atoms with van der Waals surface area (Å²) in [5, 5.41) is 61.8. The van der Waals surface area contributed by atoms with E-state index in [0.717, 1.165) is 11.1 Å². The number of rotatable bonds is 21. The SMILES string of the molecule is C#CCOCCOCCO[C@@]1(C(=O)O)O[C@@H]([C@H](O)[C@H](O)CNC(=O)Cc2ccc(-c3ccccc3)cc2)[C@H](NC(=O)CO)[C@@H](NC(=O)c2cccc(OC)c2)[C@@H]1O. The number of methoxy groups -OCH3 is 1. The van der Waals surface area contributed by atoms with Gasteiger partial charge in [-0.2, -0.15) is 0 Å². The molecular weight excluding hydrogens is 746 g/mol. The van der Waals surface area contributed by atoms with Crippen LogP contribution in [0.4, 0.5) is 0 Å². The minimum Gasteiger partial charge on any atom is -0.497 e. The van der Waals surface area contributed by atoms with Crippen LogP contribution < -0.4 is 20.7 Å². The molecule has 0 radical (unpaired) electrons. The molecule has 0 aliphatic carbocycles. The van der Waals surface area contributed by atoms with Gasteiger partial charge in [0.15, 0.2) is 0 Å². The summed E-state index contributed by atoms with van der Waals surface area (Å²) in [6.45, 7) is -2.24. The van der Waals surface area contributed by atoms with Crippen LogP contribution in [0, 0.1) is 12.3 Å². The smallest absolute Gasteiger partial charge is 0.367 e. The predicted molar refractivity (Wildman–Crippen MR) is 202 cm³/mol. The normalized spacial score (nSPS) is 21.3. The number of carbonyl (C=O) groups excluding carboxylic acids is 3. The highest BCUT2D eigenvalue weighted by atomic mass is 16.7. The van der Waals surface area contributed by atoms with E-state index in [0.29, 0.717) is 5.56 Å². The van der Waals surface area contributed by atoms with Gasteiger partial charge in [0, 0.05) is 12.1 Å². The summed E-state index contributed by atoms with van der Waals surface area (Å²) in [6, 6.07) is 19.1. The van der Waals surface area contributed by atoms with E-state index in [9.17, 15) is 44.7 Å². The third-order valence-electron chi connectivity index (χ3n) is 8.95. The summed E-state index contributed by atoms with van der Waals surface area (Å²) in [6.07, 6.45) is -3.22. The van der Waals surface area contributed by atoms with Gasteiger partial charge in [-0.05, 0) is 34.9 Å². The molecule has 17 heteroatoms. The maximum absolute atomic E-state index is 13.6. The van der Waals surface area contributed by atoms with E-state index in [4.69, 9.17) is 30.1 Å². The van der Waals surface area contributed by atoms with E-state index in [1.54, 1.807) is 18.2 Å². The van der Waals surface area contributed by atoms with Gasteiger partial charge in [-0.1, -0.05) is 66.6 Å². The minimum atomic E-state index is -3.05. The third kappa shape index (κ3) is 12.0. The van der Waals surface area contributed by atoms with Gasteiger partial charge in [-0.15, -0.1) is 6.42 Å². The molecule has 57 heavy (non-hydrogen) atoms. The number of hydrogen-bond acceptors (Lipinski definition) is 13. The number of carboxylic acids is 1. The van der Waals surface area contributed by atoms with E-state index >= 15 is 0 Å².